The van der Waals surface area contributed by atoms with Crippen LogP contribution in [0.15, 0.2) is 30.3 Å². The van der Waals surface area contributed by atoms with Gasteiger partial charge in [-0.05, 0) is 30.7 Å². The highest BCUT2D eigenvalue weighted by Crippen LogP contribution is 2.09. The van der Waals surface area contributed by atoms with Crippen LogP contribution in [-0.2, 0) is 35.2 Å². The third kappa shape index (κ3) is 12.1. The highest BCUT2D eigenvalue weighted by atomic mass is 16.2. The van der Waals surface area contributed by atoms with Gasteiger partial charge in [-0.2, -0.15) is 0 Å². The van der Waals surface area contributed by atoms with Crippen molar-refractivity contribution in [2.45, 2.75) is 71.6 Å². The third-order valence-corrected chi connectivity index (χ3v) is 5.82. The molecule has 0 radical (unpaired) electrons. The van der Waals surface area contributed by atoms with Crippen molar-refractivity contribution in [2.24, 2.45) is 17.6 Å². The van der Waals surface area contributed by atoms with Gasteiger partial charge in [-0.25, -0.2) is 0 Å². The Bertz CT molecular complexity index is 984. The quantitative estimate of drug-likeness (QED) is 0.146. The molecule has 39 heavy (non-hydrogen) atoms. The number of carbonyl (C=O) groups is 6. The van der Waals surface area contributed by atoms with Crippen LogP contribution < -0.4 is 32.3 Å². The van der Waals surface area contributed by atoms with E-state index in [0.29, 0.717) is 6.29 Å². The smallest absolute Gasteiger partial charge is 0.243 e. The molecule has 0 bridgehead atoms. The minimum Gasteiger partial charge on any atom is -0.348 e. The van der Waals surface area contributed by atoms with Gasteiger partial charge in [0.25, 0.3) is 0 Å². The predicted octanol–water partition coefficient (Wildman–Crippen LogP) is -0.836. The van der Waals surface area contributed by atoms with E-state index in [0.717, 1.165) is 5.56 Å². The van der Waals surface area contributed by atoms with E-state index >= 15 is 0 Å². The number of amides is 5. The fourth-order valence-corrected chi connectivity index (χ4v) is 3.73. The number of nitrogens with one attached hydrogen (secondary N) is 5. The van der Waals surface area contributed by atoms with Gasteiger partial charge in [-0.3, -0.25) is 24.0 Å². The molecule has 4 atom stereocenters. The number of nitrogens with two attached hydrogens (primary N) is 1. The van der Waals surface area contributed by atoms with Crippen LogP contribution in [0.2, 0.25) is 0 Å². The molecule has 1 aromatic rings. The molecule has 1 aromatic carbocycles. The Morgan fingerprint density at radius 1 is 0.795 bits per heavy atom. The molecule has 0 saturated carbocycles. The molecule has 0 aliphatic carbocycles. The molecular weight excluding hydrogens is 504 g/mol. The third-order valence-electron chi connectivity index (χ3n) is 5.82. The van der Waals surface area contributed by atoms with E-state index in [1.165, 1.54) is 6.92 Å². The number of benzene rings is 1. The van der Waals surface area contributed by atoms with Gasteiger partial charge in [0.1, 0.15) is 30.5 Å². The SMILES string of the molecule is CC(C)CC(NC(=O)C(NC(=O)CN)C(C)C)C(=O)NC(C)C(=O)NC(Cc1ccccc1)C(=O)NCC=O. The van der Waals surface area contributed by atoms with Gasteiger partial charge in [-0.1, -0.05) is 58.0 Å². The van der Waals surface area contributed by atoms with E-state index in [1.54, 1.807) is 38.1 Å². The van der Waals surface area contributed by atoms with Gasteiger partial charge in [0, 0.05) is 6.42 Å². The first kappa shape index (κ1) is 33.2. The molecular formula is C27H42N6O6. The molecule has 0 aromatic heterocycles. The average molecular weight is 547 g/mol. The molecule has 5 amide bonds. The van der Waals surface area contributed by atoms with Gasteiger partial charge in [0.2, 0.25) is 29.5 Å². The van der Waals surface area contributed by atoms with Gasteiger partial charge in [0.15, 0.2) is 0 Å². The van der Waals surface area contributed by atoms with Crippen molar-refractivity contribution in [1.82, 2.24) is 26.6 Å². The van der Waals surface area contributed by atoms with Crippen molar-refractivity contribution in [3.8, 4) is 0 Å². The summed E-state index contributed by atoms with van der Waals surface area (Å²) in [7, 11) is 0. The highest BCUT2D eigenvalue weighted by molar-refractivity contribution is 5.95. The summed E-state index contributed by atoms with van der Waals surface area (Å²) in [6, 6.07) is 5.13. The van der Waals surface area contributed by atoms with E-state index in [9.17, 15) is 28.8 Å². The maximum Gasteiger partial charge on any atom is 0.243 e. The van der Waals surface area contributed by atoms with E-state index in [-0.39, 0.29) is 37.8 Å². The monoisotopic (exact) mass is 546 g/mol. The summed E-state index contributed by atoms with van der Waals surface area (Å²) in [5.41, 5.74) is 6.15. The second kappa shape index (κ2) is 16.9. The fourth-order valence-electron chi connectivity index (χ4n) is 3.73. The number of aldehydes is 1. The Kier molecular flexibility index (Phi) is 14.4. The number of rotatable bonds is 16. The van der Waals surface area contributed by atoms with Gasteiger partial charge in [0.05, 0.1) is 13.1 Å². The molecule has 1 rings (SSSR count). The van der Waals surface area contributed by atoms with Crippen LogP contribution in [0.5, 0.6) is 0 Å². The highest BCUT2D eigenvalue weighted by Gasteiger charge is 2.31. The molecule has 0 aliphatic heterocycles. The second-order valence-electron chi connectivity index (χ2n) is 10.1. The fraction of sp³-hybridized carbons (Fsp3) is 0.556. The number of hydrogen-bond acceptors (Lipinski definition) is 7. The second-order valence-corrected chi connectivity index (χ2v) is 10.1. The van der Waals surface area contributed by atoms with Gasteiger partial charge < -0.3 is 37.1 Å². The van der Waals surface area contributed by atoms with Crippen LogP contribution in [0, 0.1) is 11.8 Å². The zero-order chi connectivity index (χ0) is 29.5. The van der Waals surface area contributed by atoms with Crippen molar-refractivity contribution in [1.29, 1.82) is 0 Å². The van der Waals surface area contributed by atoms with E-state index < -0.39 is 53.7 Å². The molecule has 7 N–H and O–H groups in total. The lowest BCUT2D eigenvalue weighted by Gasteiger charge is -2.27. The number of hydrogen-bond donors (Lipinski definition) is 6. The molecule has 4 unspecified atom stereocenters. The maximum absolute atomic E-state index is 13.1. The first-order valence-electron chi connectivity index (χ1n) is 13.0. The van der Waals surface area contributed by atoms with Crippen LogP contribution in [-0.4, -0.2) is 73.1 Å². The molecule has 0 fully saturated rings. The molecule has 216 valence electrons. The zero-order valence-corrected chi connectivity index (χ0v) is 23.3. The van der Waals surface area contributed by atoms with Crippen LogP contribution in [0.4, 0.5) is 0 Å². The van der Waals surface area contributed by atoms with Crippen molar-refractivity contribution in [2.75, 3.05) is 13.1 Å². The molecule has 0 saturated heterocycles. The molecule has 12 heteroatoms. The summed E-state index contributed by atoms with van der Waals surface area (Å²) >= 11 is 0. The minimum absolute atomic E-state index is 0.0260. The first-order valence-corrected chi connectivity index (χ1v) is 13.0. The van der Waals surface area contributed by atoms with Crippen LogP contribution in [0.1, 0.15) is 46.6 Å². The van der Waals surface area contributed by atoms with Crippen molar-refractivity contribution in [3.05, 3.63) is 35.9 Å². The summed E-state index contributed by atoms with van der Waals surface area (Å²) < 4.78 is 0. The topological polar surface area (TPSA) is 189 Å². The number of carbonyl (C=O) groups excluding carboxylic acids is 6. The Balaban J connectivity index is 2.95. The Hall–Kier alpha value is -3.80. The van der Waals surface area contributed by atoms with Crippen molar-refractivity contribution >= 4 is 35.8 Å². The largest absolute Gasteiger partial charge is 0.348 e. The van der Waals surface area contributed by atoms with E-state index in [1.807, 2.05) is 19.9 Å². The van der Waals surface area contributed by atoms with Crippen molar-refractivity contribution < 1.29 is 28.8 Å². The Labute approximate surface area is 229 Å². The van der Waals surface area contributed by atoms with E-state index in [2.05, 4.69) is 26.6 Å². The summed E-state index contributed by atoms with van der Waals surface area (Å²) in [6.07, 6.45) is 0.998. The predicted molar refractivity (Wildman–Crippen MR) is 146 cm³/mol. The Morgan fingerprint density at radius 2 is 1.41 bits per heavy atom. The lowest BCUT2D eigenvalue weighted by Crippen LogP contribution is -2.59. The normalized spacial score (nSPS) is 13.9. The minimum atomic E-state index is -1.04. The summed E-state index contributed by atoms with van der Waals surface area (Å²) in [5, 5.41) is 12.9. The molecule has 0 aliphatic rings. The summed E-state index contributed by atoms with van der Waals surface area (Å²) in [6.45, 7) is 8.24. The Morgan fingerprint density at radius 3 is 1.95 bits per heavy atom. The van der Waals surface area contributed by atoms with Crippen LogP contribution in [0.25, 0.3) is 0 Å². The molecule has 0 heterocycles. The van der Waals surface area contributed by atoms with E-state index in [4.69, 9.17) is 5.73 Å². The van der Waals surface area contributed by atoms with Gasteiger partial charge in [-0.15, -0.1) is 0 Å². The molecule has 12 nitrogen and oxygen atoms in total. The zero-order valence-electron chi connectivity index (χ0n) is 23.3. The van der Waals surface area contributed by atoms with Crippen LogP contribution in [0.3, 0.4) is 0 Å². The average Bonchev–Trinajstić information content (AvgIpc) is 2.89. The molecule has 0 spiro atoms. The van der Waals surface area contributed by atoms with Gasteiger partial charge >= 0.3 is 0 Å². The first-order chi connectivity index (χ1) is 18.4. The van der Waals surface area contributed by atoms with Crippen molar-refractivity contribution in [3.63, 3.8) is 0 Å². The summed E-state index contributed by atoms with van der Waals surface area (Å²) in [4.78, 5) is 74.1. The standard InChI is InChI=1S/C27H42N6O6/c1-16(2)13-20(32-27(39)23(17(3)4)33-22(35)15-28)26(38)30-18(5)24(36)31-21(25(37)29-11-12-34)14-19-9-7-6-8-10-19/h6-10,12,16-18,20-21,23H,11,13-15,28H2,1-5H3,(H,29,37)(H,30,38)(H,31,36)(H,32,39)(H,33,35). The van der Waals surface area contributed by atoms with Crippen LogP contribution >= 0.6 is 0 Å². The maximum atomic E-state index is 13.1. The lowest BCUT2D eigenvalue weighted by molar-refractivity contribution is -0.135. The summed E-state index contributed by atoms with van der Waals surface area (Å²) in [5.74, 6) is -3.02. The lowest BCUT2D eigenvalue weighted by atomic mass is 9.99.